The second-order valence-corrected chi connectivity index (χ2v) is 6.02. The maximum absolute atomic E-state index is 13.2. The average Bonchev–Trinajstić information content (AvgIpc) is 2.77. The SMILES string of the molecule is CN1C(=O)N(c2ccc(C#N)c(C(F)(F)F)c2)C2CCC(=O)CC21. The smallest absolute Gasteiger partial charge is 0.322 e. The number of anilines is 1. The Kier molecular flexibility index (Phi) is 3.74. The Morgan fingerprint density at radius 2 is 1.96 bits per heavy atom. The van der Waals surface area contributed by atoms with Crippen LogP contribution in [-0.4, -0.2) is 35.8 Å². The quantitative estimate of drug-likeness (QED) is 0.791. The third kappa shape index (κ3) is 2.50. The summed E-state index contributed by atoms with van der Waals surface area (Å²) >= 11 is 0. The first-order valence-corrected chi connectivity index (χ1v) is 7.43. The number of alkyl halides is 3. The number of hydrogen-bond acceptors (Lipinski definition) is 3. The number of halogens is 3. The average molecular weight is 337 g/mol. The summed E-state index contributed by atoms with van der Waals surface area (Å²) < 4.78 is 39.5. The van der Waals surface area contributed by atoms with Gasteiger partial charge in [0.15, 0.2) is 0 Å². The number of rotatable bonds is 1. The van der Waals surface area contributed by atoms with Gasteiger partial charge in [-0.05, 0) is 24.6 Å². The van der Waals surface area contributed by atoms with Gasteiger partial charge in [-0.1, -0.05) is 0 Å². The van der Waals surface area contributed by atoms with Crippen LogP contribution >= 0.6 is 0 Å². The summed E-state index contributed by atoms with van der Waals surface area (Å²) in [6.45, 7) is 0. The number of ketones is 1. The minimum atomic E-state index is -4.68. The van der Waals surface area contributed by atoms with E-state index in [1.54, 1.807) is 7.05 Å². The van der Waals surface area contributed by atoms with Crippen molar-refractivity contribution in [2.45, 2.75) is 37.5 Å². The van der Waals surface area contributed by atoms with Gasteiger partial charge in [0.2, 0.25) is 0 Å². The predicted molar refractivity (Wildman–Crippen MR) is 78.2 cm³/mol. The van der Waals surface area contributed by atoms with Gasteiger partial charge in [0.05, 0.1) is 29.3 Å². The van der Waals surface area contributed by atoms with Crippen molar-refractivity contribution < 1.29 is 22.8 Å². The van der Waals surface area contributed by atoms with Crippen LogP contribution in [0.5, 0.6) is 0 Å². The second kappa shape index (κ2) is 5.51. The molecule has 0 radical (unpaired) electrons. The molecule has 5 nitrogen and oxygen atoms in total. The van der Waals surface area contributed by atoms with Gasteiger partial charge in [-0.25, -0.2) is 4.79 Å². The molecule has 2 unspecified atom stereocenters. The van der Waals surface area contributed by atoms with E-state index in [4.69, 9.17) is 5.26 Å². The number of hydrogen-bond donors (Lipinski definition) is 0. The fourth-order valence-electron chi connectivity index (χ4n) is 3.44. The number of urea groups is 1. The van der Waals surface area contributed by atoms with Crippen molar-refractivity contribution in [3.8, 4) is 6.07 Å². The molecule has 126 valence electrons. The molecule has 1 saturated carbocycles. The lowest BCUT2D eigenvalue weighted by atomic mass is 9.89. The van der Waals surface area contributed by atoms with Gasteiger partial charge in [0.25, 0.3) is 0 Å². The number of fused-ring (bicyclic) bond motifs is 1. The Balaban J connectivity index is 2.04. The second-order valence-electron chi connectivity index (χ2n) is 6.02. The van der Waals surface area contributed by atoms with Gasteiger partial charge < -0.3 is 4.90 Å². The lowest BCUT2D eigenvalue weighted by Crippen LogP contribution is -2.42. The van der Waals surface area contributed by atoms with Crippen molar-refractivity contribution in [2.75, 3.05) is 11.9 Å². The summed E-state index contributed by atoms with van der Waals surface area (Å²) in [6, 6.07) is 3.68. The molecule has 2 fully saturated rings. The molecular formula is C16H14F3N3O2. The number of likely N-dealkylation sites (N-methyl/N-ethyl adjacent to an activating group) is 1. The molecule has 3 rings (SSSR count). The van der Waals surface area contributed by atoms with Gasteiger partial charge in [0, 0.05) is 25.6 Å². The Morgan fingerprint density at radius 1 is 1.25 bits per heavy atom. The maximum Gasteiger partial charge on any atom is 0.417 e. The van der Waals surface area contributed by atoms with E-state index in [0.717, 1.165) is 12.1 Å². The minimum Gasteiger partial charge on any atom is -0.322 e. The molecule has 8 heteroatoms. The van der Waals surface area contributed by atoms with E-state index in [1.807, 2.05) is 0 Å². The Bertz CT molecular complexity index is 754. The van der Waals surface area contributed by atoms with Gasteiger partial charge in [-0.3, -0.25) is 9.69 Å². The summed E-state index contributed by atoms with van der Waals surface area (Å²) in [4.78, 5) is 26.8. The highest BCUT2D eigenvalue weighted by Crippen LogP contribution is 2.39. The van der Waals surface area contributed by atoms with Gasteiger partial charge >= 0.3 is 12.2 Å². The first-order chi connectivity index (χ1) is 11.2. The number of benzene rings is 1. The highest BCUT2D eigenvalue weighted by molar-refractivity contribution is 5.97. The largest absolute Gasteiger partial charge is 0.417 e. The van der Waals surface area contributed by atoms with Crippen LogP contribution in [0.2, 0.25) is 0 Å². The minimum absolute atomic E-state index is 0.0496. The molecule has 1 aromatic rings. The molecule has 1 aliphatic carbocycles. The fraction of sp³-hybridized carbons (Fsp3) is 0.438. The standard InChI is InChI=1S/C16H14F3N3O2/c1-21-14-7-11(23)4-5-13(14)22(15(21)24)10-3-2-9(8-20)12(6-10)16(17,18)19/h2-3,6,13-14H,4-5,7H2,1H3. The van der Waals surface area contributed by atoms with Crippen LogP contribution in [-0.2, 0) is 11.0 Å². The molecule has 2 aliphatic rings. The van der Waals surface area contributed by atoms with E-state index in [9.17, 15) is 22.8 Å². The van der Waals surface area contributed by atoms with E-state index < -0.39 is 23.3 Å². The van der Waals surface area contributed by atoms with Gasteiger partial charge in [-0.2, -0.15) is 18.4 Å². The predicted octanol–water partition coefficient (Wildman–Crippen LogP) is 2.94. The number of carbonyl (C=O) groups is 2. The third-order valence-electron chi connectivity index (χ3n) is 4.64. The number of carbonyl (C=O) groups excluding carboxylic acids is 2. The van der Waals surface area contributed by atoms with Crippen LogP contribution in [0, 0.1) is 11.3 Å². The molecule has 2 amide bonds. The van der Waals surface area contributed by atoms with Crippen molar-refractivity contribution in [1.82, 2.24) is 4.90 Å². The van der Waals surface area contributed by atoms with Crippen molar-refractivity contribution in [3.63, 3.8) is 0 Å². The van der Waals surface area contributed by atoms with E-state index >= 15 is 0 Å². The topological polar surface area (TPSA) is 64.4 Å². The molecule has 0 N–H and O–H groups in total. The zero-order chi connectivity index (χ0) is 17.6. The maximum atomic E-state index is 13.2. The van der Waals surface area contributed by atoms with Crippen LogP contribution in [0.15, 0.2) is 18.2 Å². The zero-order valence-electron chi connectivity index (χ0n) is 12.8. The Hall–Kier alpha value is -2.56. The highest BCUT2D eigenvalue weighted by Gasteiger charge is 2.47. The van der Waals surface area contributed by atoms with Crippen LogP contribution < -0.4 is 4.90 Å². The van der Waals surface area contributed by atoms with Crippen LogP contribution in [0.1, 0.15) is 30.4 Å². The van der Waals surface area contributed by atoms with E-state index in [1.165, 1.54) is 21.9 Å². The van der Waals surface area contributed by atoms with Crippen molar-refractivity contribution in [1.29, 1.82) is 5.26 Å². The van der Waals surface area contributed by atoms with Gasteiger partial charge in [-0.15, -0.1) is 0 Å². The third-order valence-corrected chi connectivity index (χ3v) is 4.64. The van der Waals surface area contributed by atoms with Crippen molar-refractivity contribution >= 4 is 17.5 Å². The lowest BCUT2D eigenvalue weighted by Gasteiger charge is -2.30. The summed E-state index contributed by atoms with van der Waals surface area (Å²) in [5.74, 6) is 0.0496. The van der Waals surface area contributed by atoms with Crippen molar-refractivity contribution in [3.05, 3.63) is 29.3 Å². The zero-order valence-corrected chi connectivity index (χ0v) is 12.8. The summed E-state index contributed by atoms with van der Waals surface area (Å²) in [5.41, 5.74) is -1.45. The first-order valence-electron chi connectivity index (χ1n) is 7.43. The van der Waals surface area contributed by atoms with Crippen molar-refractivity contribution in [2.24, 2.45) is 0 Å². The summed E-state index contributed by atoms with van der Waals surface area (Å²) in [5, 5.41) is 8.87. The van der Waals surface area contributed by atoms with E-state index in [2.05, 4.69) is 0 Å². The molecule has 0 spiro atoms. The summed E-state index contributed by atoms with van der Waals surface area (Å²) in [6.07, 6.45) is -3.74. The van der Waals surface area contributed by atoms with Crippen LogP contribution in [0.4, 0.5) is 23.7 Å². The fourth-order valence-corrected chi connectivity index (χ4v) is 3.44. The lowest BCUT2D eigenvalue weighted by molar-refractivity contribution is -0.137. The molecule has 1 aliphatic heterocycles. The Labute approximate surface area is 136 Å². The molecule has 0 bridgehead atoms. The molecule has 0 aromatic heterocycles. The van der Waals surface area contributed by atoms with E-state index in [-0.39, 0.29) is 30.0 Å². The molecular weight excluding hydrogens is 323 g/mol. The first kappa shape index (κ1) is 16.3. The van der Waals surface area contributed by atoms with E-state index in [0.29, 0.717) is 12.8 Å². The molecule has 1 heterocycles. The molecule has 1 saturated heterocycles. The monoisotopic (exact) mass is 337 g/mol. The molecule has 24 heavy (non-hydrogen) atoms. The number of nitriles is 1. The van der Waals surface area contributed by atoms with Gasteiger partial charge in [0.1, 0.15) is 5.78 Å². The number of nitrogens with zero attached hydrogens (tertiary/aromatic N) is 3. The van der Waals surface area contributed by atoms with Crippen LogP contribution in [0.3, 0.4) is 0 Å². The number of Topliss-reactive ketones (excluding diaryl/α,β-unsaturated/α-hetero) is 1. The number of amides is 2. The molecule has 2 atom stereocenters. The van der Waals surface area contributed by atoms with Crippen LogP contribution in [0.25, 0.3) is 0 Å². The highest BCUT2D eigenvalue weighted by atomic mass is 19.4. The normalized spacial score (nSPS) is 24.1. The Morgan fingerprint density at radius 3 is 2.58 bits per heavy atom. The molecule has 1 aromatic carbocycles. The summed E-state index contributed by atoms with van der Waals surface area (Å²) in [7, 11) is 1.55.